The summed E-state index contributed by atoms with van der Waals surface area (Å²) in [6, 6.07) is 0. The van der Waals surface area contributed by atoms with Crippen molar-refractivity contribution < 1.29 is 23.1 Å². The Hall–Kier alpha value is -1.11. The van der Waals surface area contributed by atoms with Gasteiger partial charge in [0, 0.05) is 13.1 Å². The number of nitrogens with zero attached hydrogens (tertiary/aromatic N) is 1. The number of carbonyl (C=O) groups excluding carboxylic acids is 1. The summed E-state index contributed by atoms with van der Waals surface area (Å²) in [7, 11) is -4.04. The fourth-order valence-electron chi connectivity index (χ4n) is 2.54. The van der Waals surface area contributed by atoms with Crippen LogP contribution in [0.5, 0.6) is 0 Å². The fourth-order valence-corrected chi connectivity index (χ4v) is 4.45. The van der Waals surface area contributed by atoms with Gasteiger partial charge in [0.15, 0.2) is 15.1 Å². The minimum Gasteiger partial charge on any atom is -0.480 e. The van der Waals surface area contributed by atoms with E-state index in [0.29, 0.717) is 13.1 Å². The van der Waals surface area contributed by atoms with Gasteiger partial charge in [-0.05, 0) is 32.1 Å². The Kier molecular flexibility index (Phi) is 5.56. The predicted octanol–water partition coefficient (Wildman–Crippen LogP) is 0.911. The van der Waals surface area contributed by atoms with Gasteiger partial charge in [-0.2, -0.15) is 0 Å². The molecule has 7 heteroatoms. The van der Waals surface area contributed by atoms with Crippen LogP contribution in [0.15, 0.2) is 0 Å². The first kappa shape index (κ1) is 16.9. The quantitative estimate of drug-likeness (QED) is 0.815. The van der Waals surface area contributed by atoms with E-state index in [1.54, 1.807) is 0 Å². The summed E-state index contributed by atoms with van der Waals surface area (Å²) in [5.41, 5.74) is 0. The maximum Gasteiger partial charge on any atom is 0.322 e. The van der Waals surface area contributed by atoms with Crippen molar-refractivity contribution in [2.24, 2.45) is 5.92 Å². The van der Waals surface area contributed by atoms with E-state index in [-0.39, 0.29) is 0 Å². The summed E-state index contributed by atoms with van der Waals surface area (Å²) in [6.45, 7) is 5.48. The van der Waals surface area contributed by atoms with Gasteiger partial charge < -0.3 is 10.0 Å². The maximum atomic E-state index is 12.4. The van der Waals surface area contributed by atoms with Crippen LogP contribution in [0.3, 0.4) is 0 Å². The summed E-state index contributed by atoms with van der Waals surface area (Å²) in [5, 5.41) is 6.28. The van der Waals surface area contributed by atoms with Gasteiger partial charge in [-0.1, -0.05) is 13.8 Å². The normalized spacial score (nSPS) is 19.7. The van der Waals surface area contributed by atoms with Crippen molar-refractivity contribution >= 4 is 21.7 Å². The second kappa shape index (κ2) is 6.56. The first-order valence-electron chi connectivity index (χ1n) is 6.94. The molecule has 0 bridgehead atoms. The molecule has 0 aromatic rings. The third-order valence-corrected chi connectivity index (χ3v) is 6.35. The van der Waals surface area contributed by atoms with Gasteiger partial charge in [-0.15, -0.1) is 0 Å². The smallest absolute Gasteiger partial charge is 0.322 e. The molecule has 0 radical (unpaired) electrons. The molecule has 1 amide bonds. The third-order valence-electron chi connectivity index (χ3n) is 3.71. The Labute approximate surface area is 120 Å². The molecule has 1 rings (SSSR count). The summed E-state index contributed by atoms with van der Waals surface area (Å²) in [4.78, 5) is 25.0. The van der Waals surface area contributed by atoms with Crippen molar-refractivity contribution in [3.05, 3.63) is 0 Å². The van der Waals surface area contributed by atoms with E-state index in [2.05, 4.69) is 0 Å². The minimum atomic E-state index is -4.04. The molecule has 0 aromatic carbocycles. The number of carboxylic acid groups (broad SMARTS) is 1. The van der Waals surface area contributed by atoms with Crippen LogP contribution in [0.1, 0.15) is 40.0 Å². The zero-order chi connectivity index (χ0) is 15.5. The minimum absolute atomic E-state index is 0.475. The van der Waals surface area contributed by atoms with Gasteiger partial charge in [0.2, 0.25) is 5.91 Å². The molecular formula is C13H23NO5S. The van der Waals surface area contributed by atoms with Crippen LogP contribution in [-0.4, -0.2) is 53.9 Å². The Balaban J connectivity index is 2.95. The molecule has 1 aliphatic heterocycles. The summed E-state index contributed by atoms with van der Waals surface area (Å²) in [6.07, 6.45) is 2.77. The molecule has 0 aromatic heterocycles. The molecule has 6 nitrogen and oxygen atoms in total. The first-order chi connectivity index (χ1) is 9.19. The summed E-state index contributed by atoms with van der Waals surface area (Å²) in [5.74, 6) is -2.44. The number of rotatable bonds is 5. The second-order valence-corrected chi connectivity index (χ2v) is 8.01. The van der Waals surface area contributed by atoms with E-state index in [0.717, 1.165) is 19.3 Å². The molecule has 0 spiro atoms. The average molecular weight is 305 g/mol. The summed E-state index contributed by atoms with van der Waals surface area (Å²) >= 11 is 0. The zero-order valence-corrected chi connectivity index (χ0v) is 13.0. The van der Waals surface area contributed by atoms with Crippen LogP contribution in [0.25, 0.3) is 0 Å². The van der Waals surface area contributed by atoms with E-state index in [4.69, 9.17) is 5.11 Å². The van der Waals surface area contributed by atoms with Crippen molar-refractivity contribution in [2.75, 3.05) is 13.1 Å². The van der Waals surface area contributed by atoms with Crippen LogP contribution >= 0.6 is 0 Å². The molecule has 1 N–H and O–H groups in total. The Bertz CT molecular complexity index is 465. The Morgan fingerprint density at radius 1 is 1.05 bits per heavy atom. The summed E-state index contributed by atoms with van der Waals surface area (Å²) < 4.78 is 24.7. The van der Waals surface area contributed by atoms with Crippen LogP contribution in [0.4, 0.5) is 0 Å². The second-order valence-electron chi connectivity index (χ2n) is 5.62. The van der Waals surface area contributed by atoms with Crippen LogP contribution in [0.2, 0.25) is 0 Å². The number of hydrogen-bond acceptors (Lipinski definition) is 4. The maximum absolute atomic E-state index is 12.4. The van der Waals surface area contributed by atoms with Crippen molar-refractivity contribution in [3.8, 4) is 0 Å². The lowest BCUT2D eigenvalue weighted by Gasteiger charge is -2.30. The molecule has 1 saturated heterocycles. The van der Waals surface area contributed by atoms with Crippen LogP contribution < -0.4 is 0 Å². The van der Waals surface area contributed by atoms with Gasteiger partial charge >= 0.3 is 5.97 Å². The number of piperidine rings is 1. The van der Waals surface area contributed by atoms with E-state index < -0.39 is 38.1 Å². The number of carboxylic acids is 1. The van der Waals surface area contributed by atoms with Gasteiger partial charge in [0.1, 0.15) is 5.25 Å². The van der Waals surface area contributed by atoms with Crippen LogP contribution in [-0.2, 0) is 19.4 Å². The number of aliphatic carboxylic acids is 1. The molecule has 1 aliphatic rings. The molecule has 1 fully saturated rings. The molecule has 2 unspecified atom stereocenters. The van der Waals surface area contributed by atoms with Crippen molar-refractivity contribution in [2.45, 2.75) is 50.5 Å². The number of carbonyl (C=O) groups is 2. The van der Waals surface area contributed by atoms with Crippen molar-refractivity contribution in [1.82, 2.24) is 4.90 Å². The number of likely N-dealkylation sites (tertiary alicyclic amines) is 1. The Morgan fingerprint density at radius 2 is 1.55 bits per heavy atom. The monoisotopic (exact) mass is 305 g/mol. The highest BCUT2D eigenvalue weighted by atomic mass is 32.2. The SMILES string of the molecule is CC(C)C(C(=O)O)S(=O)(=O)C(C)C(=O)N1CCCCC1. The average Bonchev–Trinajstić information content (AvgIpc) is 2.36. The highest BCUT2D eigenvalue weighted by molar-refractivity contribution is 7.94. The molecule has 116 valence electrons. The Morgan fingerprint density at radius 3 is 1.95 bits per heavy atom. The lowest BCUT2D eigenvalue weighted by atomic mass is 10.1. The predicted molar refractivity (Wildman–Crippen MR) is 75.1 cm³/mol. The molecular weight excluding hydrogens is 282 g/mol. The van der Waals surface area contributed by atoms with E-state index >= 15 is 0 Å². The standard InChI is InChI=1S/C13H23NO5S/c1-9(2)11(13(16)17)20(18,19)10(3)12(15)14-7-5-4-6-8-14/h9-11H,4-8H2,1-3H3,(H,16,17). The third kappa shape index (κ3) is 3.50. The van der Waals surface area contributed by atoms with Gasteiger partial charge in [0.05, 0.1) is 0 Å². The lowest BCUT2D eigenvalue weighted by molar-refractivity contribution is -0.137. The van der Waals surface area contributed by atoms with E-state index in [1.165, 1.54) is 25.7 Å². The first-order valence-corrected chi connectivity index (χ1v) is 8.54. The number of sulfone groups is 1. The van der Waals surface area contributed by atoms with Crippen LogP contribution in [0, 0.1) is 5.92 Å². The van der Waals surface area contributed by atoms with Crippen molar-refractivity contribution in [3.63, 3.8) is 0 Å². The van der Waals surface area contributed by atoms with Gasteiger partial charge in [-0.3, -0.25) is 9.59 Å². The molecule has 1 heterocycles. The molecule has 0 aliphatic carbocycles. The number of amides is 1. The molecule has 0 saturated carbocycles. The van der Waals surface area contributed by atoms with Crippen molar-refractivity contribution in [1.29, 1.82) is 0 Å². The van der Waals surface area contributed by atoms with E-state index in [1.807, 2.05) is 0 Å². The van der Waals surface area contributed by atoms with E-state index in [9.17, 15) is 18.0 Å². The highest BCUT2D eigenvalue weighted by Crippen LogP contribution is 2.21. The van der Waals surface area contributed by atoms with Gasteiger partial charge in [-0.25, -0.2) is 8.42 Å². The highest BCUT2D eigenvalue weighted by Gasteiger charge is 2.43. The zero-order valence-electron chi connectivity index (χ0n) is 12.2. The largest absolute Gasteiger partial charge is 0.480 e. The lowest BCUT2D eigenvalue weighted by Crippen LogP contribution is -2.49. The molecule has 20 heavy (non-hydrogen) atoms. The number of hydrogen-bond donors (Lipinski definition) is 1. The van der Waals surface area contributed by atoms with Gasteiger partial charge in [0.25, 0.3) is 0 Å². The topological polar surface area (TPSA) is 91.7 Å². The molecule has 2 atom stereocenters. The fraction of sp³-hybridized carbons (Fsp3) is 0.846.